The Morgan fingerprint density at radius 1 is 1.05 bits per heavy atom. The van der Waals surface area contributed by atoms with E-state index in [0.717, 1.165) is 11.8 Å². The minimum Gasteiger partial charge on any atom is -0.354 e. The minimum atomic E-state index is -0.192. The van der Waals surface area contributed by atoms with Crippen molar-refractivity contribution in [2.75, 3.05) is 0 Å². The standard InChI is InChI=1S/C14H24N2O3S/c1-8(2)14(19)20-10(4)13(16-12(6)18)7-9(3)15-11(5)17/h9-10,13H,1,7H2,2-6H3,(H,15,17)(H,16,18). The summed E-state index contributed by atoms with van der Waals surface area (Å²) in [5.74, 6) is -0.266. The zero-order valence-electron chi connectivity index (χ0n) is 12.8. The first-order chi connectivity index (χ1) is 9.13. The predicted molar refractivity (Wildman–Crippen MR) is 82.4 cm³/mol. The summed E-state index contributed by atoms with van der Waals surface area (Å²) in [5, 5.41) is 5.43. The van der Waals surface area contributed by atoms with Gasteiger partial charge in [0.2, 0.25) is 16.9 Å². The molecule has 0 saturated heterocycles. The van der Waals surface area contributed by atoms with E-state index in [0.29, 0.717) is 12.0 Å². The average molecular weight is 300 g/mol. The smallest absolute Gasteiger partial charge is 0.217 e. The summed E-state index contributed by atoms with van der Waals surface area (Å²) in [5.41, 5.74) is 0.485. The van der Waals surface area contributed by atoms with Gasteiger partial charge in [0.1, 0.15) is 0 Å². The molecular formula is C14H24N2O3S. The van der Waals surface area contributed by atoms with E-state index in [2.05, 4.69) is 17.2 Å². The van der Waals surface area contributed by atoms with Crippen LogP contribution in [0.15, 0.2) is 12.2 Å². The molecule has 0 aromatic rings. The number of nitrogens with one attached hydrogen (secondary N) is 2. The van der Waals surface area contributed by atoms with E-state index in [1.54, 1.807) is 6.92 Å². The fraction of sp³-hybridized carbons (Fsp3) is 0.643. The van der Waals surface area contributed by atoms with Crippen LogP contribution in [0.4, 0.5) is 0 Å². The van der Waals surface area contributed by atoms with E-state index in [1.807, 2.05) is 13.8 Å². The molecule has 114 valence electrons. The van der Waals surface area contributed by atoms with Crippen molar-refractivity contribution in [1.82, 2.24) is 10.6 Å². The Kier molecular flexibility index (Phi) is 8.22. The maximum absolute atomic E-state index is 11.7. The lowest BCUT2D eigenvalue weighted by Gasteiger charge is -2.26. The van der Waals surface area contributed by atoms with Crippen LogP contribution in [0.3, 0.4) is 0 Å². The van der Waals surface area contributed by atoms with Gasteiger partial charge < -0.3 is 10.6 Å². The number of carbonyl (C=O) groups is 3. The maximum Gasteiger partial charge on any atom is 0.217 e. The largest absolute Gasteiger partial charge is 0.354 e. The summed E-state index contributed by atoms with van der Waals surface area (Å²) in [6, 6.07) is -0.269. The van der Waals surface area contributed by atoms with E-state index >= 15 is 0 Å². The van der Waals surface area contributed by atoms with Gasteiger partial charge >= 0.3 is 0 Å². The van der Waals surface area contributed by atoms with E-state index in [1.165, 1.54) is 13.8 Å². The Balaban J connectivity index is 4.69. The van der Waals surface area contributed by atoms with Gasteiger partial charge in [0, 0.05) is 31.2 Å². The Morgan fingerprint density at radius 2 is 1.55 bits per heavy atom. The summed E-state index contributed by atoms with van der Waals surface area (Å²) in [4.78, 5) is 34.0. The molecule has 5 nitrogen and oxygen atoms in total. The van der Waals surface area contributed by atoms with Crippen LogP contribution in [0.5, 0.6) is 0 Å². The first-order valence-corrected chi connectivity index (χ1v) is 7.42. The van der Waals surface area contributed by atoms with Crippen LogP contribution in [0.25, 0.3) is 0 Å². The van der Waals surface area contributed by atoms with Crippen molar-refractivity contribution in [3.63, 3.8) is 0 Å². The Morgan fingerprint density at radius 3 is 1.95 bits per heavy atom. The lowest BCUT2D eigenvalue weighted by molar-refractivity contribution is -0.119. The van der Waals surface area contributed by atoms with Gasteiger partial charge in [0.25, 0.3) is 0 Å². The third-order valence-corrected chi connectivity index (χ3v) is 3.92. The molecule has 0 aromatic carbocycles. The molecule has 0 aliphatic rings. The summed E-state index contributed by atoms with van der Waals surface area (Å²) in [7, 11) is 0. The molecule has 3 atom stereocenters. The molecule has 0 aromatic heterocycles. The molecular weight excluding hydrogens is 276 g/mol. The molecule has 0 aliphatic heterocycles. The number of carbonyl (C=O) groups excluding carboxylic acids is 3. The van der Waals surface area contributed by atoms with Gasteiger partial charge in [-0.1, -0.05) is 25.3 Å². The van der Waals surface area contributed by atoms with Crippen molar-refractivity contribution in [2.45, 2.75) is 58.4 Å². The normalized spacial score (nSPS) is 14.8. The average Bonchev–Trinajstić information content (AvgIpc) is 2.25. The summed E-state index contributed by atoms with van der Waals surface area (Å²) < 4.78 is 0. The van der Waals surface area contributed by atoms with Crippen LogP contribution in [-0.2, 0) is 14.4 Å². The first kappa shape index (κ1) is 18.7. The van der Waals surface area contributed by atoms with Crippen molar-refractivity contribution in [3.8, 4) is 0 Å². The Bertz CT molecular complexity index is 396. The lowest BCUT2D eigenvalue weighted by Crippen LogP contribution is -2.45. The Hall–Kier alpha value is -1.30. The van der Waals surface area contributed by atoms with Crippen molar-refractivity contribution in [1.29, 1.82) is 0 Å². The second-order valence-corrected chi connectivity index (χ2v) is 6.39. The summed E-state index contributed by atoms with van der Waals surface area (Å²) in [6.45, 7) is 11.9. The van der Waals surface area contributed by atoms with Crippen molar-refractivity contribution in [3.05, 3.63) is 12.2 Å². The van der Waals surface area contributed by atoms with E-state index in [-0.39, 0.29) is 34.3 Å². The van der Waals surface area contributed by atoms with Crippen LogP contribution in [0.2, 0.25) is 0 Å². The highest BCUT2D eigenvalue weighted by Gasteiger charge is 2.24. The van der Waals surface area contributed by atoms with E-state index in [4.69, 9.17) is 0 Å². The van der Waals surface area contributed by atoms with Crippen molar-refractivity contribution in [2.24, 2.45) is 0 Å². The number of amides is 2. The van der Waals surface area contributed by atoms with Gasteiger partial charge in [-0.2, -0.15) is 0 Å². The molecule has 0 fully saturated rings. The van der Waals surface area contributed by atoms with Crippen LogP contribution in [-0.4, -0.2) is 34.3 Å². The van der Waals surface area contributed by atoms with Gasteiger partial charge in [0.15, 0.2) is 0 Å². The SMILES string of the molecule is C=C(C)C(=O)SC(C)C(CC(C)NC(C)=O)NC(C)=O. The van der Waals surface area contributed by atoms with E-state index in [9.17, 15) is 14.4 Å². The fourth-order valence-corrected chi connectivity index (χ4v) is 2.65. The highest BCUT2D eigenvalue weighted by atomic mass is 32.2. The minimum absolute atomic E-state index is 0.0765. The van der Waals surface area contributed by atoms with Crippen LogP contribution < -0.4 is 10.6 Å². The zero-order chi connectivity index (χ0) is 15.9. The highest BCUT2D eigenvalue weighted by Crippen LogP contribution is 2.21. The van der Waals surface area contributed by atoms with Crippen molar-refractivity contribution < 1.29 is 14.4 Å². The number of hydrogen-bond donors (Lipinski definition) is 2. The third-order valence-electron chi connectivity index (χ3n) is 2.65. The molecule has 0 rings (SSSR count). The topological polar surface area (TPSA) is 75.3 Å². The second-order valence-electron chi connectivity index (χ2n) is 5.04. The number of rotatable bonds is 7. The molecule has 2 amide bonds. The van der Waals surface area contributed by atoms with Gasteiger partial charge in [-0.25, -0.2) is 0 Å². The van der Waals surface area contributed by atoms with E-state index < -0.39 is 0 Å². The predicted octanol–water partition coefficient (Wildman–Crippen LogP) is 1.63. The van der Waals surface area contributed by atoms with Crippen LogP contribution in [0, 0.1) is 0 Å². The van der Waals surface area contributed by atoms with Crippen LogP contribution >= 0.6 is 11.8 Å². The molecule has 0 saturated carbocycles. The zero-order valence-corrected chi connectivity index (χ0v) is 13.6. The molecule has 2 N–H and O–H groups in total. The molecule has 0 spiro atoms. The van der Waals surface area contributed by atoms with Crippen molar-refractivity contribution >= 4 is 28.7 Å². The highest BCUT2D eigenvalue weighted by molar-refractivity contribution is 8.14. The third kappa shape index (κ3) is 7.99. The molecule has 0 radical (unpaired) electrons. The fourth-order valence-electron chi connectivity index (χ4n) is 1.77. The molecule has 0 bridgehead atoms. The summed E-state index contributed by atoms with van der Waals surface area (Å²) in [6.07, 6.45) is 0.566. The number of thioether (sulfide) groups is 1. The monoisotopic (exact) mass is 300 g/mol. The number of hydrogen-bond acceptors (Lipinski definition) is 4. The van der Waals surface area contributed by atoms with Gasteiger partial charge in [-0.05, 0) is 25.8 Å². The summed E-state index contributed by atoms with van der Waals surface area (Å²) >= 11 is 1.15. The quantitative estimate of drug-likeness (QED) is 0.701. The molecule has 0 aliphatic carbocycles. The van der Waals surface area contributed by atoms with Gasteiger partial charge in [-0.3, -0.25) is 14.4 Å². The molecule has 20 heavy (non-hydrogen) atoms. The molecule has 6 heteroatoms. The molecule has 0 heterocycles. The Labute approximate surface area is 125 Å². The van der Waals surface area contributed by atoms with Gasteiger partial charge in [0.05, 0.1) is 0 Å². The lowest BCUT2D eigenvalue weighted by atomic mass is 10.1. The second kappa shape index (κ2) is 8.79. The molecule has 3 unspecified atom stereocenters. The van der Waals surface area contributed by atoms with Gasteiger partial charge in [-0.15, -0.1) is 0 Å². The van der Waals surface area contributed by atoms with Crippen LogP contribution in [0.1, 0.15) is 41.0 Å². The first-order valence-electron chi connectivity index (χ1n) is 6.54. The maximum atomic E-state index is 11.7.